The lowest BCUT2D eigenvalue weighted by Crippen LogP contribution is -1.94. The molecule has 0 saturated heterocycles. The third-order valence-electron chi connectivity index (χ3n) is 4.26. The molecule has 0 fully saturated rings. The highest BCUT2D eigenvalue weighted by Gasteiger charge is 2.15. The number of hydrogen-bond acceptors (Lipinski definition) is 1. The van der Waals surface area contributed by atoms with Gasteiger partial charge in [0.15, 0.2) is 0 Å². The standard InChI is InChI=1S/C22H19N/c1-15-12-20(18-10-6-4-8-16(18)2)22(14-23)21(13-15)19-11-7-5-9-17(19)3/h4-13H,1-3H3. The van der Waals surface area contributed by atoms with Crippen LogP contribution in [0.15, 0.2) is 60.7 Å². The summed E-state index contributed by atoms with van der Waals surface area (Å²) < 4.78 is 0. The lowest BCUT2D eigenvalue weighted by molar-refractivity contribution is 1.38. The van der Waals surface area contributed by atoms with Crippen LogP contribution in [-0.4, -0.2) is 0 Å². The Morgan fingerprint density at radius 1 is 0.652 bits per heavy atom. The highest BCUT2D eigenvalue weighted by atomic mass is 14.3. The van der Waals surface area contributed by atoms with Gasteiger partial charge in [0.05, 0.1) is 5.56 Å². The van der Waals surface area contributed by atoms with Gasteiger partial charge in [0.1, 0.15) is 6.07 Å². The van der Waals surface area contributed by atoms with E-state index < -0.39 is 0 Å². The zero-order valence-corrected chi connectivity index (χ0v) is 13.7. The molecule has 0 amide bonds. The highest BCUT2D eigenvalue weighted by molar-refractivity contribution is 5.84. The summed E-state index contributed by atoms with van der Waals surface area (Å²) in [5, 5.41) is 9.84. The van der Waals surface area contributed by atoms with Crippen LogP contribution < -0.4 is 0 Å². The Balaban J connectivity index is 2.35. The molecule has 3 rings (SSSR count). The number of aryl methyl sites for hydroxylation is 3. The molecule has 0 aliphatic heterocycles. The van der Waals surface area contributed by atoms with Crippen molar-refractivity contribution in [3.05, 3.63) is 82.9 Å². The van der Waals surface area contributed by atoms with Gasteiger partial charge in [-0.1, -0.05) is 60.7 Å². The van der Waals surface area contributed by atoms with Crippen molar-refractivity contribution in [2.45, 2.75) is 20.8 Å². The Morgan fingerprint density at radius 3 is 1.48 bits per heavy atom. The second-order valence-corrected chi connectivity index (χ2v) is 5.98. The van der Waals surface area contributed by atoms with E-state index in [0.717, 1.165) is 27.8 Å². The zero-order chi connectivity index (χ0) is 16.4. The van der Waals surface area contributed by atoms with Gasteiger partial charge in [0.25, 0.3) is 0 Å². The largest absolute Gasteiger partial charge is 0.192 e. The fourth-order valence-electron chi connectivity index (χ4n) is 3.08. The van der Waals surface area contributed by atoms with Gasteiger partial charge in [-0.15, -0.1) is 0 Å². The summed E-state index contributed by atoms with van der Waals surface area (Å²) in [4.78, 5) is 0. The van der Waals surface area contributed by atoms with Gasteiger partial charge in [0.2, 0.25) is 0 Å². The molecule has 0 aromatic heterocycles. The van der Waals surface area contributed by atoms with Crippen LogP contribution in [0, 0.1) is 32.1 Å². The summed E-state index contributed by atoms with van der Waals surface area (Å²) >= 11 is 0. The maximum absolute atomic E-state index is 9.84. The first-order valence-corrected chi connectivity index (χ1v) is 7.78. The van der Waals surface area contributed by atoms with Crippen LogP contribution in [0.25, 0.3) is 22.3 Å². The fraction of sp³-hybridized carbons (Fsp3) is 0.136. The molecular formula is C22H19N. The highest BCUT2D eigenvalue weighted by Crippen LogP contribution is 2.35. The van der Waals surface area contributed by atoms with Crippen LogP contribution in [0.2, 0.25) is 0 Å². The summed E-state index contributed by atoms with van der Waals surface area (Å²) in [5.41, 5.74) is 8.58. The van der Waals surface area contributed by atoms with Crippen molar-refractivity contribution in [2.75, 3.05) is 0 Å². The molecule has 1 nitrogen and oxygen atoms in total. The van der Waals surface area contributed by atoms with Gasteiger partial charge >= 0.3 is 0 Å². The minimum atomic E-state index is 0.749. The van der Waals surface area contributed by atoms with Crippen LogP contribution in [-0.2, 0) is 0 Å². The summed E-state index contributed by atoms with van der Waals surface area (Å²) in [7, 11) is 0. The molecule has 112 valence electrons. The van der Waals surface area contributed by atoms with Gasteiger partial charge < -0.3 is 0 Å². The first kappa shape index (κ1) is 15.1. The first-order chi connectivity index (χ1) is 11.1. The molecule has 0 unspecified atom stereocenters. The van der Waals surface area contributed by atoms with Crippen molar-refractivity contribution in [3.63, 3.8) is 0 Å². The Morgan fingerprint density at radius 2 is 1.09 bits per heavy atom. The normalized spacial score (nSPS) is 10.3. The Bertz CT molecular complexity index is 847. The zero-order valence-electron chi connectivity index (χ0n) is 13.7. The van der Waals surface area contributed by atoms with E-state index in [1.807, 2.05) is 24.3 Å². The molecule has 0 bridgehead atoms. The minimum absolute atomic E-state index is 0.749. The van der Waals surface area contributed by atoms with E-state index in [1.165, 1.54) is 16.7 Å². The van der Waals surface area contributed by atoms with Crippen molar-refractivity contribution in [1.29, 1.82) is 5.26 Å². The van der Waals surface area contributed by atoms with E-state index in [9.17, 15) is 5.26 Å². The van der Waals surface area contributed by atoms with Crippen LogP contribution in [0.4, 0.5) is 0 Å². The van der Waals surface area contributed by atoms with E-state index in [2.05, 4.69) is 63.2 Å². The number of nitriles is 1. The monoisotopic (exact) mass is 297 g/mol. The molecule has 1 heteroatoms. The predicted molar refractivity (Wildman–Crippen MR) is 96.2 cm³/mol. The fourth-order valence-corrected chi connectivity index (χ4v) is 3.08. The van der Waals surface area contributed by atoms with Gasteiger partial charge in [-0.05, 0) is 48.6 Å². The van der Waals surface area contributed by atoms with Crippen molar-refractivity contribution >= 4 is 0 Å². The van der Waals surface area contributed by atoms with Crippen molar-refractivity contribution < 1.29 is 0 Å². The molecule has 3 aromatic carbocycles. The number of nitrogens with zero attached hydrogens (tertiary/aromatic N) is 1. The number of rotatable bonds is 2. The predicted octanol–water partition coefficient (Wildman–Crippen LogP) is 5.82. The molecule has 0 aliphatic carbocycles. The molecule has 3 aromatic rings. The van der Waals surface area contributed by atoms with Crippen molar-refractivity contribution in [1.82, 2.24) is 0 Å². The maximum Gasteiger partial charge on any atom is 0.100 e. The molecule has 0 saturated carbocycles. The number of hydrogen-bond donors (Lipinski definition) is 0. The first-order valence-electron chi connectivity index (χ1n) is 7.78. The third-order valence-corrected chi connectivity index (χ3v) is 4.26. The maximum atomic E-state index is 9.84. The second kappa shape index (κ2) is 6.10. The summed E-state index contributed by atoms with van der Waals surface area (Å²) in [6.45, 7) is 6.27. The van der Waals surface area contributed by atoms with Gasteiger partial charge in [0, 0.05) is 11.1 Å². The van der Waals surface area contributed by atoms with Crippen molar-refractivity contribution in [3.8, 4) is 28.3 Å². The minimum Gasteiger partial charge on any atom is -0.192 e. The average Bonchev–Trinajstić information content (AvgIpc) is 2.55. The molecule has 0 N–H and O–H groups in total. The van der Waals surface area contributed by atoms with E-state index in [0.29, 0.717) is 0 Å². The summed E-state index contributed by atoms with van der Waals surface area (Å²) in [6, 6.07) is 23.1. The summed E-state index contributed by atoms with van der Waals surface area (Å²) in [6.07, 6.45) is 0. The van der Waals surface area contributed by atoms with Crippen LogP contribution in [0.3, 0.4) is 0 Å². The molecule has 0 radical (unpaired) electrons. The van der Waals surface area contributed by atoms with Crippen LogP contribution >= 0.6 is 0 Å². The van der Waals surface area contributed by atoms with Crippen LogP contribution in [0.1, 0.15) is 22.3 Å². The molecule has 0 aliphatic rings. The molecular weight excluding hydrogens is 278 g/mol. The molecule has 23 heavy (non-hydrogen) atoms. The lowest BCUT2D eigenvalue weighted by atomic mass is 9.88. The Kier molecular flexibility index (Phi) is 4.00. The second-order valence-electron chi connectivity index (χ2n) is 5.98. The van der Waals surface area contributed by atoms with E-state index >= 15 is 0 Å². The quantitative estimate of drug-likeness (QED) is 0.585. The molecule has 0 heterocycles. The van der Waals surface area contributed by atoms with Crippen LogP contribution in [0.5, 0.6) is 0 Å². The van der Waals surface area contributed by atoms with Gasteiger partial charge in [-0.2, -0.15) is 5.26 Å². The van der Waals surface area contributed by atoms with Crippen molar-refractivity contribution in [2.24, 2.45) is 0 Å². The SMILES string of the molecule is Cc1cc(-c2ccccc2C)c(C#N)c(-c2ccccc2C)c1. The lowest BCUT2D eigenvalue weighted by Gasteiger charge is -2.15. The van der Waals surface area contributed by atoms with Gasteiger partial charge in [-0.3, -0.25) is 0 Å². The molecule has 0 atom stereocenters. The Hall–Kier alpha value is -2.85. The summed E-state index contributed by atoms with van der Waals surface area (Å²) in [5.74, 6) is 0. The molecule has 0 spiro atoms. The van der Waals surface area contributed by atoms with Gasteiger partial charge in [-0.25, -0.2) is 0 Å². The average molecular weight is 297 g/mol. The number of benzene rings is 3. The van der Waals surface area contributed by atoms with E-state index in [4.69, 9.17) is 0 Å². The smallest absolute Gasteiger partial charge is 0.100 e. The Labute approximate surface area is 137 Å². The van der Waals surface area contributed by atoms with E-state index in [1.54, 1.807) is 0 Å². The topological polar surface area (TPSA) is 23.8 Å². The van der Waals surface area contributed by atoms with E-state index in [-0.39, 0.29) is 0 Å². The third kappa shape index (κ3) is 2.76.